The van der Waals surface area contributed by atoms with Crippen molar-refractivity contribution in [3.8, 4) is 17.6 Å². The first-order chi connectivity index (χ1) is 15.6. The number of hydrogen-bond acceptors (Lipinski definition) is 5. The van der Waals surface area contributed by atoms with Gasteiger partial charge in [-0.2, -0.15) is 10.4 Å². The Morgan fingerprint density at radius 1 is 1.16 bits per heavy atom. The summed E-state index contributed by atoms with van der Waals surface area (Å²) in [7, 11) is 0. The first-order valence-corrected chi connectivity index (χ1v) is 10.7. The molecule has 32 heavy (non-hydrogen) atoms. The van der Waals surface area contributed by atoms with E-state index < -0.39 is 5.41 Å². The lowest BCUT2D eigenvalue weighted by molar-refractivity contribution is -0.121. The lowest BCUT2D eigenvalue weighted by Crippen LogP contribution is -2.46. The number of carbonyl (C=O) groups excluding carboxylic acids is 1. The summed E-state index contributed by atoms with van der Waals surface area (Å²) in [4.78, 5) is 16.0. The number of para-hydroxylation sites is 2. The zero-order chi connectivity index (χ0) is 22.5. The minimum absolute atomic E-state index is 0.0717. The van der Waals surface area contributed by atoms with Crippen LogP contribution in [0.25, 0.3) is 5.69 Å². The van der Waals surface area contributed by atoms with E-state index in [2.05, 4.69) is 13.0 Å². The van der Waals surface area contributed by atoms with Gasteiger partial charge in [0.05, 0.1) is 16.9 Å². The van der Waals surface area contributed by atoms with Crippen LogP contribution >= 0.6 is 0 Å². The number of carbonyl (C=O) groups is 1. The molecule has 0 bridgehead atoms. The molecule has 0 saturated heterocycles. The van der Waals surface area contributed by atoms with E-state index in [0.29, 0.717) is 23.7 Å². The monoisotopic (exact) mass is 425 g/mol. The van der Waals surface area contributed by atoms with Gasteiger partial charge in [0, 0.05) is 17.8 Å². The Balaban J connectivity index is 1.85. The molecule has 5 rings (SSSR count). The molecule has 2 aromatic carbocycles. The summed E-state index contributed by atoms with van der Waals surface area (Å²) < 4.78 is 7.62. The number of aromatic nitrogens is 2. The van der Waals surface area contributed by atoms with Crippen LogP contribution in [0.3, 0.4) is 0 Å². The Bertz CT molecular complexity index is 1300. The average molecular weight is 425 g/mol. The topological polar surface area (TPSA) is 97.2 Å². The number of ether oxygens (including phenoxy) is 1. The SMILES string of the molecule is CCCCN1C(=O)[C@]2(C(C#N)=C(N)Oc3c2c(C)nn3-c2ccccc2)c2ccccc21. The van der Waals surface area contributed by atoms with E-state index in [-0.39, 0.29) is 17.4 Å². The molecule has 3 heterocycles. The molecule has 1 aromatic heterocycles. The van der Waals surface area contributed by atoms with Gasteiger partial charge in [0.2, 0.25) is 17.7 Å². The molecule has 1 spiro atoms. The van der Waals surface area contributed by atoms with Crippen LogP contribution in [-0.2, 0) is 10.2 Å². The molecule has 1 atom stereocenters. The molecule has 7 heteroatoms. The van der Waals surface area contributed by atoms with E-state index in [4.69, 9.17) is 15.6 Å². The molecule has 2 aliphatic rings. The summed E-state index contributed by atoms with van der Waals surface area (Å²) in [6.45, 7) is 4.49. The van der Waals surface area contributed by atoms with Gasteiger partial charge >= 0.3 is 0 Å². The summed E-state index contributed by atoms with van der Waals surface area (Å²) >= 11 is 0. The van der Waals surface area contributed by atoms with Crippen molar-refractivity contribution in [2.45, 2.75) is 32.1 Å². The summed E-state index contributed by atoms with van der Waals surface area (Å²) in [5.74, 6) is 0.107. The van der Waals surface area contributed by atoms with Gasteiger partial charge in [0.1, 0.15) is 17.1 Å². The summed E-state index contributed by atoms with van der Waals surface area (Å²) in [5.41, 5.74) is 8.53. The van der Waals surface area contributed by atoms with Gasteiger partial charge in [-0.15, -0.1) is 0 Å². The number of nitriles is 1. The van der Waals surface area contributed by atoms with Crippen LogP contribution in [0.1, 0.15) is 36.6 Å². The molecule has 3 aromatic rings. The lowest BCUT2D eigenvalue weighted by Gasteiger charge is -2.33. The number of benzene rings is 2. The van der Waals surface area contributed by atoms with Crippen molar-refractivity contribution in [2.75, 3.05) is 11.4 Å². The van der Waals surface area contributed by atoms with Crippen LogP contribution < -0.4 is 15.4 Å². The third-order valence-corrected chi connectivity index (χ3v) is 6.23. The second-order valence-electron chi connectivity index (χ2n) is 8.04. The smallest absolute Gasteiger partial charge is 0.247 e. The first kappa shape index (κ1) is 19.9. The number of hydrogen-bond donors (Lipinski definition) is 1. The van der Waals surface area contributed by atoms with Gasteiger partial charge in [-0.1, -0.05) is 49.7 Å². The first-order valence-electron chi connectivity index (χ1n) is 10.7. The molecule has 160 valence electrons. The Hall–Kier alpha value is -4.05. The highest BCUT2D eigenvalue weighted by molar-refractivity contribution is 6.14. The average Bonchev–Trinajstić information content (AvgIpc) is 3.26. The number of unbranched alkanes of at least 4 members (excludes halogenated alkanes) is 1. The quantitative estimate of drug-likeness (QED) is 0.687. The predicted octanol–water partition coefficient (Wildman–Crippen LogP) is 3.70. The van der Waals surface area contributed by atoms with E-state index in [9.17, 15) is 10.1 Å². The van der Waals surface area contributed by atoms with Gasteiger partial charge in [-0.05, 0) is 31.5 Å². The van der Waals surface area contributed by atoms with Crippen LogP contribution in [-0.4, -0.2) is 22.2 Å². The van der Waals surface area contributed by atoms with Crippen LogP contribution in [0.5, 0.6) is 5.88 Å². The molecule has 1 amide bonds. The lowest BCUT2D eigenvalue weighted by atomic mass is 9.69. The summed E-state index contributed by atoms with van der Waals surface area (Å²) in [6, 6.07) is 19.3. The van der Waals surface area contributed by atoms with Crippen LogP contribution in [0.15, 0.2) is 66.1 Å². The fourth-order valence-electron chi connectivity index (χ4n) is 4.85. The summed E-state index contributed by atoms with van der Waals surface area (Å²) in [6.07, 6.45) is 1.80. The molecular weight excluding hydrogens is 402 g/mol. The van der Waals surface area contributed by atoms with E-state index in [1.165, 1.54) is 0 Å². The van der Waals surface area contributed by atoms with Crippen LogP contribution in [0, 0.1) is 18.3 Å². The maximum atomic E-state index is 14.2. The van der Waals surface area contributed by atoms with Gasteiger partial charge in [0.15, 0.2) is 0 Å². The molecule has 0 unspecified atom stereocenters. The predicted molar refractivity (Wildman–Crippen MR) is 120 cm³/mol. The van der Waals surface area contributed by atoms with Gasteiger partial charge < -0.3 is 15.4 Å². The molecule has 0 radical (unpaired) electrons. The highest BCUT2D eigenvalue weighted by Gasteiger charge is 2.60. The normalized spacial score (nSPS) is 19.0. The van der Waals surface area contributed by atoms with E-state index in [1.807, 2.05) is 61.5 Å². The molecule has 0 fully saturated rings. The zero-order valence-electron chi connectivity index (χ0n) is 18.0. The molecular formula is C25H23N5O2. The fraction of sp³-hybridized carbons (Fsp3) is 0.240. The second-order valence-corrected chi connectivity index (χ2v) is 8.04. The van der Waals surface area contributed by atoms with Crippen molar-refractivity contribution in [3.63, 3.8) is 0 Å². The van der Waals surface area contributed by atoms with Crippen LogP contribution in [0.2, 0.25) is 0 Å². The fourth-order valence-corrected chi connectivity index (χ4v) is 4.85. The van der Waals surface area contributed by atoms with Crippen molar-refractivity contribution in [3.05, 3.63) is 82.9 Å². The minimum Gasteiger partial charge on any atom is -0.422 e. The molecule has 0 aliphatic carbocycles. The number of anilines is 1. The molecule has 7 nitrogen and oxygen atoms in total. The summed E-state index contributed by atoms with van der Waals surface area (Å²) in [5, 5.41) is 14.9. The van der Waals surface area contributed by atoms with Gasteiger partial charge in [-0.3, -0.25) is 4.79 Å². The number of rotatable bonds is 4. The van der Waals surface area contributed by atoms with Crippen molar-refractivity contribution in [1.29, 1.82) is 5.26 Å². The third kappa shape index (κ3) is 2.47. The zero-order valence-corrected chi connectivity index (χ0v) is 18.0. The van der Waals surface area contributed by atoms with Crippen molar-refractivity contribution in [1.82, 2.24) is 9.78 Å². The van der Waals surface area contributed by atoms with Gasteiger partial charge in [0.25, 0.3) is 0 Å². The largest absolute Gasteiger partial charge is 0.422 e. The Labute approximate surface area is 186 Å². The Morgan fingerprint density at radius 3 is 2.59 bits per heavy atom. The number of nitrogens with two attached hydrogens (primary N) is 1. The van der Waals surface area contributed by atoms with E-state index in [1.54, 1.807) is 9.58 Å². The third-order valence-electron chi connectivity index (χ3n) is 6.23. The number of nitrogens with zero attached hydrogens (tertiary/aromatic N) is 4. The highest BCUT2D eigenvalue weighted by Crippen LogP contribution is 2.56. The minimum atomic E-state index is -1.38. The van der Waals surface area contributed by atoms with E-state index >= 15 is 0 Å². The van der Waals surface area contributed by atoms with Crippen molar-refractivity contribution >= 4 is 11.6 Å². The standard InChI is InChI=1S/C25H23N5O2/c1-3-4-14-29-20-13-9-8-12-18(20)25(24(29)31)19(15-26)22(27)32-23-21(25)16(2)28-30(23)17-10-6-5-7-11-17/h5-13H,3-4,14,27H2,1-2H3/t25-/m0/s1. The number of amides is 1. The second kappa shape index (κ2) is 7.27. The maximum Gasteiger partial charge on any atom is 0.247 e. The number of fused-ring (bicyclic) bond motifs is 4. The van der Waals surface area contributed by atoms with Crippen molar-refractivity contribution in [2.24, 2.45) is 5.73 Å². The molecule has 2 N–H and O–H groups in total. The Kier molecular flexibility index (Phi) is 4.52. The maximum absolute atomic E-state index is 14.2. The number of aryl methyl sites for hydroxylation is 1. The molecule has 0 saturated carbocycles. The van der Waals surface area contributed by atoms with Crippen LogP contribution in [0.4, 0.5) is 5.69 Å². The van der Waals surface area contributed by atoms with Crippen molar-refractivity contribution < 1.29 is 9.53 Å². The highest BCUT2D eigenvalue weighted by atomic mass is 16.5. The Morgan fingerprint density at radius 2 is 1.88 bits per heavy atom. The molecule has 2 aliphatic heterocycles. The van der Waals surface area contributed by atoms with Gasteiger partial charge in [-0.25, -0.2) is 4.68 Å². The van der Waals surface area contributed by atoms with E-state index in [0.717, 1.165) is 29.8 Å².